The van der Waals surface area contributed by atoms with Crippen LogP contribution in [0.25, 0.3) is 0 Å². The van der Waals surface area contributed by atoms with Gasteiger partial charge in [-0.2, -0.15) is 0 Å². The molecule has 0 spiro atoms. The van der Waals surface area contributed by atoms with Crippen LogP contribution in [0.3, 0.4) is 0 Å². The highest BCUT2D eigenvalue weighted by Crippen LogP contribution is 2.28. The largest absolute Gasteiger partial charge is 0.492 e. The molecule has 0 heterocycles. The minimum atomic E-state index is 0.615. The molecule has 0 atom stereocenters. The monoisotopic (exact) mass is 227 g/mol. The molecule has 0 aliphatic carbocycles. The van der Waals surface area contributed by atoms with Crippen molar-refractivity contribution < 1.29 is 9.47 Å². The second kappa shape index (κ2) is 5.99. The van der Waals surface area contributed by atoms with Gasteiger partial charge in [-0.3, -0.25) is 0 Å². The Balaban J connectivity index is 2.81. The molecule has 1 aromatic carbocycles. The van der Waals surface area contributed by atoms with Crippen LogP contribution in [0.2, 0.25) is 5.02 Å². The molecule has 0 amide bonds. The van der Waals surface area contributed by atoms with Gasteiger partial charge in [0.25, 0.3) is 0 Å². The second-order valence-electron chi connectivity index (χ2n) is 3.29. The molecule has 0 saturated carbocycles. The van der Waals surface area contributed by atoms with Crippen LogP contribution in [0, 0.1) is 5.92 Å². The topological polar surface area (TPSA) is 18.5 Å². The lowest BCUT2D eigenvalue weighted by Gasteiger charge is -2.12. The number of methoxy groups -OCH3 is 1. The third-order valence-corrected chi connectivity index (χ3v) is 2.38. The highest BCUT2D eigenvalue weighted by Gasteiger charge is 2.08. The van der Waals surface area contributed by atoms with E-state index in [0.717, 1.165) is 17.2 Å². The second-order valence-corrected chi connectivity index (χ2v) is 3.70. The normalized spacial score (nSPS) is 10.7. The van der Waals surface area contributed by atoms with E-state index in [9.17, 15) is 0 Å². The van der Waals surface area contributed by atoms with Gasteiger partial charge in [0, 0.05) is 13.0 Å². The summed E-state index contributed by atoms with van der Waals surface area (Å²) in [5.41, 5.74) is 1.09. The van der Waals surface area contributed by atoms with Gasteiger partial charge >= 0.3 is 0 Å². The zero-order valence-electron chi connectivity index (χ0n) is 9.34. The molecule has 0 N–H and O–H groups in total. The number of halogens is 1. The maximum absolute atomic E-state index is 6.07. The Hall–Kier alpha value is -0.730. The van der Waals surface area contributed by atoms with Crippen LogP contribution in [0.15, 0.2) is 18.2 Å². The van der Waals surface area contributed by atoms with Gasteiger partial charge in [0.1, 0.15) is 5.75 Å². The summed E-state index contributed by atoms with van der Waals surface area (Å²) in [7, 11) is 1.68. The van der Waals surface area contributed by atoms with Gasteiger partial charge < -0.3 is 9.47 Å². The van der Waals surface area contributed by atoms with Crippen molar-refractivity contribution in [2.75, 3.05) is 20.3 Å². The van der Waals surface area contributed by atoms with Gasteiger partial charge in [-0.05, 0) is 24.6 Å². The summed E-state index contributed by atoms with van der Waals surface area (Å²) >= 11 is 6.07. The lowest BCUT2D eigenvalue weighted by atomic mass is 10.0. The van der Waals surface area contributed by atoms with Crippen molar-refractivity contribution >= 4 is 11.6 Å². The van der Waals surface area contributed by atoms with E-state index in [1.807, 2.05) is 32.0 Å². The summed E-state index contributed by atoms with van der Waals surface area (Å²) in [6.45, 7) is 5.20. The molecule has 0 unspecified atom stereocenters. The highest BCUT2D eigenvalue weighted by atomic mass is 35.5. The minimum Gasteiger partial charge on any atom is -0.492 e. The molecule has 0 saturated heterocycles. The molecule has 1 aromatic rings. The third kappa shape index (κ3) is 3.40. The van der Waals surface area contributed by atoms with Crippen LogP contribution >= 0.6 is 11.6 Å². The maximum atomic E-state index is 6.07. The van der Waals surface area contributed by atoms with Crippen molar-refractivity contribution in [1.82, 2.24) is 0 Å². The standard InChI is InChI=1S/C12H16ClO2/c1-4-15-12-6-5-10(7-11(12)13)9(2)8-14-3/h5-7H,4,8H2,1-3H3. The number of hydrogen-bond acceptors (Lipinski definition) is 2. The molecular formula is C12H16ClO2. The Morgan fingerprint density at radius 3 is 2.67 bits per heavy atom. The predicted molar refractivity (Wildman–Crippen MR) is 62.5 cm³/mol. The number of hydrogen-bond donors (Lipinski definition) is 0. The first kappa shape index (κ1) is 12.3. The van der Waals surface area contributed by atoms with Crippen molar-refractivity contribution in [2.45, 2.75) is 13.8 Å². The molecule has 83 valence electrons. The van der Waals surface area contributed by atoms with Crippen molar-refractivity contribution in [3.05, 3.63) is 34.7 Å². The molecule has 2 nitrogen and oxygen atoms in total. The van der Waals surface area contributed by atoms with Crippen LogP contribution in [0.5, 0.6) is 5.75 Å². The Morgan fingerprint density at radius 2 is 2.13 bits per heavy atom. The molecule has 0 fully saturated rings. The predicted octanol–water partition coefficient (Wildman–Crippen LogP) is 3.33. The summed E-state index contributed by atoms with van der Waals surface area (Å²) in [6, 6.07) is 5.78. The summed E-state index contributed by atoms with van der Waals surface area (Å²) in [4.78, 5) is 0. The lowest BCUT2D eigenvalue weighted by Crippen LogP contribution is -2.03. The number of rotatable bonds is 5. The van der Waals surface area contributed by atoms with E-state index in [1.165, 1.54) is 0 Å². The van der Waals surface area contributed by atoms with E-state index in [-0.39, 0.29) is 0 Å². The van der Waals surface area contributed by atoms with Crippen LogP contribution in [-0.2, 0) is 4.74 Å². The SMILES string of the molecule is CCOc1ccc([C](C)COC)cc1Cl. The average Bonchev–Trinajstić information content (AvgIpc) is 2.21. The molecule has 1 radical (unpaired) electrons. The summed E-state index contributed by atoms with van der Waals surface area (Å²) in [6.07, 6.45) is 0. The van der Waals surface area contributed by atoms with Gasteiger partial charge in [-0.1, -0.05) is 24.6 Å². The smallest absolute Gasteiger partial charge is 0.137 e. The molecule has 15 heavy (non-hydrogen) atoms. The average molecular weight is 228 g/mol. The van der Waals surface area contributed by atoms with Gasteiger partial charge in [-0.15, -0.1) is 0 Å². The number of ether oxygens (including phenoxy) is 2. The summed E-state index contributed by atoms with van der Waals surface area (Å²) < 4.78 is 10.4. The van der Waals surface area contributed by atoms with Crippen molar-refractivity contribution in [3.63, 3.8) is 0 Å². The Labute approximate surface area is 96.2 Å². The molecule has 0 bridgehead atoms. The zero-order chi connectivity index (χ0) is 11.3. The quantitative estimate of drug-likeness (QED) is 0.768. The molecule has 0 aromatic heterocycles. The van der Waals surface area contributed by atoms with E-state index in [0.29, 0.717) is 18.2 Å². The Bertz CT molecular complexity index is 312. The summed E-state index contributed by atoms with van der Waals surface area (Å²) in [5.74, 6) is 1.88. The Kier molecular flexibility index (Phi) is 4.92. The van der Waals surface area contributed by atoms with E-state index in [1.54, 1.807) is 7.11 Å². The van der Waals surface area contributed by atoms with Crippen LogP contribution in [0.4, 0.5) is 0 Å². The van der Waals surface area contributed by atoms with Gasteiger partial charge in [0.05, 0.1) is 18.2 Å². The fourth-order valence-electron chi connectivity index (χ4n) is 1.34. The fraction of sp³-hybridized carbons (Fsp3) is 0.417. The third-order valence-electron chi connectivity index (χ3n) is 2.09. The first-order valence-electron chi connectivity index (χ1n) is 4.93. The van der Waals surface area contributed by atoms with E-state index in [4.69, 9.17) is 21.1 Å². The van der Waals surface area contributed by atoms with Crippen molar-refractivity contribution in [2.24, 2.45) is 0 Å². The van der Waals surface area contributed by atoms with E-state index < -0.39 is 0 Å². The zero-order valence-corrected chi connectivity index (χ0v) is 10.1. The number of benzene rings is 1. The molecule has 0 aliphatic rings. The summed E-state index contributed by atoms with van der Waals surface area (Å²) in [5, 5.41) is 0.643. The first-order valence-corrected chi connectivity index (χ1v) is 5.31. The van der Waals surface area contributed by atoms with E-state index in [2.05, 4.69) is 0 Å². The molecular weight excluding hydrogens is 212 g/mol. The maximum Gasteiger partial charge on any atom is 0.137 e. The lowest BCUT2D eigenvalue weighted by molar-refractivity contribution is 0.214. The van der Waals surface area contributed by atoms with Crippen molar-refractivity contribution in [1.29, 1.82) is 0 Å². The Morgan fingerprint density at radius 1 is 1.40 bits per heavy atom. The highest BCUT2D eigenvalue weighted by molar-refractivity contribution is 6.32. The fourth-order valence-corrected chi connectivity index (χ4v) is 1.57. The minimum absolute atomic E-state index is 0.615. The molecule has 3 heteroatoms. The first-order chi connectivity index (χ1) is 7.19. The van der Waals surface area contributed by atoms with E-state index >= 15 is 0 Å². The van der Waals surface area contributed by atoms with Crippen LogP contribution in [0.1, 0.15) is 19.4 Å². The molecule has 0 aliphatic heterocycles. The van der Waals surface area contributed by atoms with Crippen LogP contribution in [-0.4, -0.2) is 20.3 Å². The van der Waals surface area contributed by atoms with Crippen molar-refractivity contribution in [3.8, 4) is 5.75 Å². The van der Waals surface area contributed by atoms with Gasteiger partial charge in [0.2, 0.25) is 0 Å². The van der Waals surface area contributed by atoms with Gasteiger partial charge in [0.15, 0.2) is 0 Å². The van der Waals surface area contributed by atoms with Gasteiger partial charge in [-0.25, -0.2) is 0 Å². The van der Waals surface area contributed by atoms with Crippen LogP contribution < -0.4 is 4.74 Å². The molecule has 1 rings (SSSR count).